The molecule has 1 saturated heterocycles. The maximum atomic E-state index is 14.1. The highest BCUT2D eigenvalue weighted by molar-refractivity contribution is 5.76. The molecule has 1 aliphatic heterocycles. The standard InChI is InChI=1S/C20H20FN7O2/c21-17-12-23-20(27-19(17)28-6-8-30-9-7-28)25-13-24-18-5-4-15(11-22-18)26-14-2-1-3-16(29)10-14/h1-5,10-13,26,29H,6-9H2,(H,22,23,24,25,27). The Balaban J connectivity index is 1.37. The first kappa shape index (κ1) is 19.5. The van der Waals surface area contributed by atoms with Gasteiger partial charge in [-0.2, -0.15) is 4.98 Å². The molecule has 0 bridgehead atoms. The fraction of sp³-hybridized carbons (Fsp3) is 0.200. The van der Waals surface area contributed by atoms with Gasteiger partial charge in [-0.05, 0) is 24.3 Å². The number of hydrogen-bond donors (Lipinski definition) is 3. The second kappa shape index (κ2) is 9.14. The fourth-order valence-electron chi connectivity index (χ4n) is 2.87. The summed E-state index contributed by atoms with van der Waals surface area (Å²) >= 11 is 0. The predicted octanol–water partition coefficient (Wildman–Crippen LogP) is 3.07. The molecule has 4 rings (SSSR count). The normalized spacial score (nSPS) is 14.1. The minimum Gasteiger partial charge on any atom is -0.508 e. The van der Waals surface area contributed by atoms with Crippen LogP contribution >= 0.6 is 0 Å². The van der Waals surface area contributed by atoms with Crippen LogP contribution in [0.3, 0.4) is 0 Å². The van der Waals surface area contributed by atoms with E-state index >= 15 is 0 Å². The van der Waals surface area contributed by atoms with Gasteiger partial charge in [0.2, 0.25) is 0 Å². The number of halogens is 1. The van der Waals surface area contributed by atoms with Gasteiger partial charge in [0.25, 0.3) is 5.95 Å². The first-order chi connectivity index (χ1) is 14.7. The van der Waals surface area contributed by atoms with E-state index in [2.05, 4.69) is 30.6 Å². The van der Waals surface area contributed by atoms with Gasteiger partial charge < -0.3 is 25.4 Å². The summed E-state index contributed by atoms with van der Waals surface area (Å²) in [7, 11) is 0. The van der Waals surface area contributed by atoms with Gasteiger partial charge in [-0.25, -0.2) is 19.4 Å². The van der Waals surface area contributed by atoms with Crippen molar-refractivity contribution < 1.29 is 14.2 Å². The maximum Gasteiger partial charge on any atom is 0.252 e. The van der Waals surface area contributed by atoms with Crippen LogP contribution in [-0.4, -0.2) is 52.7 Å². The van der Waals surface area contributed by atoms with E-state index in [4.69, 9.17) is 4.74 Å². The van der Waals surface area contributed by atoms with Crippen LogP contribution in [-0.2, 0) is 4.74 Å². The first-order valence-corrected chi connectivity index (χ1v) is 9.34. The quantitative estimate of drug-likeness (QED) is 0.421. The molecular weight excluding hydrogens is 389 g/mol. The van der Waals surface area contributed by atoms with Crippen LogP contribution in [0.4, 0.5) is 33.3 Å². The molecule has 3 heterocycles. The van der Waals surface area contributed by atoms with Crippen molar-refractivity contribution in [1.82, 2.24) is 15.0 Å². The second-order valence-electron chi connectivity index (χ2n) is 6.45. The van der Waals surface area contributed by atoms with Crippen molar-refractivity contribution in [2.45, 2.75) is 0 Å². The van der Waals surface area contributed by atoms with E-state index in [1.165, 1.54) is 6.34 Å². The molecule has 0 radical (unpaired) electrons. The van der Waals surface area contributed by atoms with Gasteiger partial charge in [0, 0.05) is 24.8 Å². The number of nitrogens with zero attached hydrogens (tertiary/aromatic N) is 5. The number of phenols is 1. The molecule has 0 saturated carbocycles. The molecule has 3 aromatic rings. The average molecular weight is 409 g/mol. The number of nitrogens with one attached hydrogen (secondary N) is 2. The summed E-state index contributed by atoms with van der Waals surface area (Å²) in [4.78, 5) is 18.3. The Morgan fingerprint density at radius 1 is 1.10 bits per heavy atom. The third-order valence-corrected chi connectivity index (χ3v) is 4.31. The Bertz CT molecular complexity index is 1020. The Morgan fingerprint density at radius 2 is 1.97 bits per heavy atom. The van der Waals surface area contributed by atoms with Crippen LogP contribution in [0.1, 0.15) is 0 Å². The van der Waals surface area contributed by atoms with Gasteiger partial charge >= 0.3 is 0 Å². The van der Waals surface area contributed by atoms with Crippen LogP contribution in [0.2, 0.25) is 0 Å². The number of hydrogen-bond acceptors (Lipinski definition) is 8. The minimum atomic E-state index is -0.486. The van der Waals surface area contributed by atoms with Crippen LogP contribution in [0.15, 0.2) is 53.8 Å². The molecule has 2 aromatic heterocycles. The van der Waals surface area contributed by atoms with Crippen LogP contribution in [0.25, 0.3) is 0 Å². The lowest BCUT2D eigenvalue weighted by Crippen LogP contribution is -2.37. The largest absolute Gasteiger partial charge is 0.508 e. The lowest BCUT2D eigenvalue weighted by molar-refractivity contribution is 0.122. The molecule has 1 aromatic carbocycles. The Hall–Kier alpha value is -3.79. The summed E-state index contributed by atoms with van der Waals surface area (Å²) < 4.78 is 19.3. The number of rotatable bonds is 6. The highest BCUT2D eigenvalue weighted by Crippen LogP contribution is 2.21. The van der Waals surface area contributed by atoms with E-state index in [0.29, 0.717) is 32.1 Å². The predicted molar refractivity (Wildman–Crippen MR) is 112 cm³/mol. The zero-order chi connectivity index (χ0) is 20.8. The Labute approximate surface area is 172 Å². The molecule has 0 unspecified atom stereocenters. The zero-order valence-electron chi connectivity index (χ0n) is 16.0. The second-order valence-corrected chi connectivity index (χ2v) is 6.45. The summed E-state index contributed by atoms with van der Waals surface area (Å²) in [5.41, 5.74) is 1.52. The van der Waals surface area contributed by atoms with Gasteiger partial charge in [-0.1, -0.05) is 6.07 Å². The molecule has 9 nitrogen and oxygen atoms in total. The highest BCUT2D eigenvalue weighted by Gasteiger charge is 2.17. The molecule has 0 aliphatic carbocycles. The van der Waals surface area contributed by atoms with E-state index in [0.717, 1.165) is 17.6 Å². The molecule has 3 N–H and O–H groups in total. The van der Waals surface area contributed by atoms with Crippen LogP contribution in [0, 0.1) is 5.82 Å². The number of pyridine rings is 1. The number of aromatic nitrogens is 3. The van der Waals surface area contributed by atoms with Gasteiger partial charge in [-0.15, -0.1) is 0 Å². The lowest BCUT2D eigenvalue weighted by Gasteiger charge is -2.27. The number of ether oxygens (including phenoxy) is 1. The minimum absolute atomic E-state index is 0.146. The monoisotopic (exact) mass is 409 g/mol. The smallest absolute Gasteiger partial charge is 0.252 e. The van der Waals surface area contributed by atoms with E-state index in [9.17, 15) is 9.50 Å². The summed E-state index contributed by atoms with van der Waals surface area (Å²) in [5.74, 6) is 0.631. The molecule has 0 amide bonds. The van der Waals surface area contributed by atoms with E-state index in [1.807, 2.05) is 17.0 Å². The molecule has 1 aliphatic rings. The van der Waals surface area contributed by atoms with Crippen molar-refractivity contribution in [1.29, 1.82) is 0 Å². The summed E-state index contributed by atoms with van der Waals surface area (Å²) in [5, 5.41) is 15.6. The first-order valence-electron chi connectivity index (χ1n) is 9.34. The number of aliphatic imine (C=N–C) groups is 1. The van der Waals surface area contributed by atoms with Crippen molar-refractivity contribution in [2.24, 2.45) is 4.99 Å². The third-order valence-electron chi connectivity index (χ3n) is 4.31. The third kappa shape index (κ3) is 4.97. The van der Waals surface area contributed by atoms with E-state index in [1.54, 1.807) is 30.5 Å². The number of benzene rings is 1. The van der Waals surface area contributed by atoms with E-state index < -0.39 is 5.82 Å². The highest BCUT2D eigenvalue weighted by atomic mass is 19.1. The zero-order valence-corrected chi connectivity index (χ0v) is 16.0. The van der Waals surface area contributed by atoms with Crippen LogP contribution in [0.5, 0.6) is 5.75 Å². The Morgan fingerprint density at radius 3 is 2.73 bits per heavy atom. The van der Waals surface area contributed by atoms with Crippen molar-refractivity contribution in [2.75, 3.05) is 41.8 Å². The molecule has 30 heavy (non-hydrogen) atoms. The molecule has 154 valence electrons. The summed E-state index contributed by atoms with van der Waals surface area (Å²) in [6, 6.07) is 10.4. The van der Waals surface area contributed by atoms with E-state index in [-0.39, 0.29) is 17.5 Å². The molecule has 1 fully saturated rings. The van der Waals surface area contributed by atoms with Gasteiger partial charge in [0.15, 0.2) is 11.6 Å². The molecular formula is C20H20FN7O2. The number of phenolic OH excluding ortho intramolecular Hbond substituents is 1. The lowest BCUT2D eigenvalue weighted by atomic mass is 10.3. The number of anilines is 4. The fourth-order valence-corrected chi connectivity index (χ4v) is 2.87. The topological polar surface area (TPSA) is 108 Å². The summed E-state index contributed by atoms with van der Waals surface area (Å²) in [6.07, 6.45) is 4.16. The van der Waals surface area contributed by atoms with Gasteiger partial charge in [0.05, 0.1) is 37.6 Å². The molecule has 0 atom stereocenters. The Kier molecular flexibility index (Phi) is 5.95. The number of aromatic hydroxyl groups is 1. The maximum absolute atomic E-state index is 14.1. The van der Waals surface area contributed by atoms with Gasteiger partial charge in [0.1, 0.15) is 11.6 Å². The molecule has 10 heteroatoms. The van der Waals surface area contributed by atoms with Crippen molar-refractivity contribution in [3.05, 3.63) is 54.6 Å². The average Bonchev–Trinajstić information content (AvgIpc) is 2.77. The summed E-state index contributed by atoms with van der Waals surface area (Å²) in [6.45, 7) is 2.21. The SMILES string of the molecule is Oc1cccc(Nc2ccc(N/C=N/c3ncc(F)c(N4CCOCC4)n3)nc2)c1. The van der Waals surface area contributed by atoms with Gasteiger partial charge in [-0.3, -0.25) is 0 Å². The van der Waals surface area contributed by atoms with Crippen molar-refractivity contribution in [3.8, 4) is 5.75 Å². The molecule has 0 spiro atoms. The van der Waals surface area contributed by atoms with Crippen molar-refractivity contribution >= 4 is 35.3 Å². The van der Waals surface area contributed by atoms with Crippen LogP contribution < -0.4 is 15.5 Å². The van der Waals surface area contributed by atoms with Crippen molar-refractivity contribution in [3.63, 3.8) is 0 Å². The number of morpholine rings is 1.